The number of nitrogens with zero attached hydrogens (tertiary/aromatic N) is 1. The molecule has 0 fully saturated rings. The summed E-state index contributed by atoms with van der Waals surface area (Å²) < 4.78 is 19.1. The van der Waals surface area contributed by atoms with E-state index in [4.69, 9.17) is 4.74 Å². The normalized spacial score (nSPS) is 25.3. The Bertz CT molecular complexity index is 952. The van der Waals surface area contributed by atoms with Gasteiger partial charge in [0.1, 0.15) is 11.7 Å². The first-order chi connectivity index (χ1) is 12.2. The van der Waals surface area contributed by atoms with Crippen LogP contribution in [-0.4, -0.2) is 24.5 Å². The molecule has 2 unspecified atom stereocenters. The van der Waals surface area contributed by atoms with Gasteiger partial charge in [0.2, 0.25) is 0 Å². The third-order valence-electron chi connectivity index (χ3n) is 6.31. The average Bonchev–Trinajstić information content (AvgIpc) is 2.79. The maximum Gasteiger partial charge on any atom is 0.315 e. The Labute approximate surface area is 151 Å². The summed E-state index contributed by atoms with van der Waals surface area (Å²) in [5.41, 5.74) is 0.925. The lowest BCUT2D eigenvalue weighted by Crippen LogP contribution is -2.63. The summed E-state index contributed by atoms with van der Waals surface area (Å²) in [6, 6.07) is 11.6. The molecule has 2 atom stereocenters. The Morgan fingerprint density at radius 3 is 2.54 bits per heavy atom. The van der Waals surface area contributed by atoms with Crippen LogP contribution in [0.25, 0.3) is 0 Å². The summed E-state index contributed by atoms with van der Waals surface area (Å²) in [5.74, 6) is -1.62. The van der Waals surface area contributed by atoms with Gasteiger partial charge in [0.15, 0.2) is 0 Å². The molecule has 0 saturated carbocycles. The van der Waals surface area contributed by atoms with Crippen LogP contribution in [0.4, 0.5) is 10.1 Å². The summed E-state index contributed by atoms with van der Waals surface area (Å²) in [5, 5.41) is 0. The van der Waals surface area contributed by atoms with Gasteiger partial charge in [-0.3, -0.25) is 9.59 Å². The molecular weight excluding hydrogens is 333 g/mol. The second-order valence-electron chi connectivity index (χ2n) is 7.62. The second kappa shape index (κ2) is 5.16. The first-order valence-corrected chi connectivity index (χ1v) is 8.56. The molecule has 0 bridgehead atoms. The van der Waals surface area contributed by atoms with Crippen molar-refractivity contribution in [2.24, 2.45) is 0 Å². The van der Waals surface area contributed by atoms with Crippen LogP contribution in [0.15, 0.2) is 42.5 Å². The van der Waals surface area contributed by atoms with E-state index in [1.807, 2.05) is 26.8 Å². The van der Waals surface area contributed by atoms with Crippen molar-refractivity contribution in [1.29, 1.82) is 0 Å². The number of methoxy groups -OCH3 is 1. The Kier molecular flexibility index (Phi) is 3.33. The molecule has 2 heterocycles. The smallest absolute Gasteiger partial charge is 0.315 e. The van der Waals surface area contributed by atoms with E-state index in [0.29, 0.717) is 16.8 Å². The maximum absolute atomic E-state index is 14.0. The van der Waals surface area contributed by atoms with Crippen molar-refractivity contribution in [3.8, 4) is 0 Å². The number of rotatable bonds is 1. The van der Waals surface area contributed by atoms with Crippen molar-refractivity contribution >= 4 is 17.6 Å². The van der Waals surface area contributed by atoms with Crippen LogP contribution >= 0.6 is 0 Å². The predicted octanol–water partition coefficient (Wildman–Crippen LogP) is 3.79. The van der Waals surface area contributed by atoms with Crippen molar-refractivity contribution in [1.82, 2.24) is 0 Å². The highest BCUT2D eigenvalue weighted by Crippen LogP contribution is 2.60. The number of fused-ring (bicyclic) bond motifs is 4. The van der Waals surface area contributed by atoms with Gasteiger partial charge in [0.05, 0.1) is 12.6 Å². The summed E-state index contributed by atoms with van der Waals surface area (Å²) in [6.07, 6.45) is 0. The molecule has 1 amide bonds. The van der Waals surface area contributed by atoms with Crippen LogP contribution < -0.4 is 4.90 Å². The van der Waals surface area contributed by atoms with Crippen LogP contribution in [0.5, 0.6) is 0 Å². The number of hydrogen-bond donors (Lipinski definition) is 0. The zero-order chi connectivity index (χ0) is 18.9. The molecule has 0 radical (unpaired) electrons. The van der Waals surface area contributed by atoms with Crippen LogP contribution in [0.2, 0.25) is 0 Å². The number of ether oxygens (including phenoxy) is 1. The fourth-order valence-electron chi connectivity index (χ4n) is 4.66. The molecule has 0 N–H and O–H groups in total. The molecular formula is C21H20FNO3. The fourth-order valence-corrected chi connectivity index (χ4v) is 4.66. The highest BCUT2D eigenvalue weighted by atomic mass is 19.1. The van der Waals surface area contributed by atoms with Gasteiger partial charge in [-0.25, -0.2) is 4.39 Å². The van der Waals surface area contributed by atoms with Gasteiger partial charge >= 0.3 is 5.97 Å². The molecule has 2 aromatic rings. The number of carbonyl (C=O) groups excluding carboxylic acids is 2. The minimum absolute atomic E-state index is 0.179. The lowest BCUT2D eigenvalue weighted by atomic mass is 9.61. The zero-order valence-corrected chi connectivity index (χ0v) is 15.2. The van der Waals surface area contributed by atoms with Gasteiger partial charge in [0.25, 0.3) is 5.91 Å². The number of amides is 1. The van der Waals surface area contributed by atoms with Crippen LogP contribution in [0, 0.1) is 5.82 Å². The lowest BCUT2D eigenvalue weighted by molar-refractivity contribution is -0.144. The van der Waals surface area contributed by atoms with Gasteiger partial charge in [-0.15, -0.1) is 0 Å². The van der Waals surface area contributed by atoms with E-state index in [-0.39, 0.29) is 11.7 Å². The molecule has 4 rings (SSSR count). The molecule has 4 nitrogen and oxygen atoms in total. The van der Waals surface area contributed by atoms with E-state index >= 15 is 0 Å². The molecule has 2 aliphatic rings. The molecule has 2 aliphatic heterocycles. The lowest BCUT2D eigenvalue weighted by Gasteiger charge is -2.51. The molecule has 26 heavy (non-hydrogen) atoms. The molecule has 2 aromatic carbocycles. The fraction of sp³-hybridized carbons (Fsp3) is 0.333. The number of esters is 1. The zero-order valence-electron chi connectivity index (χ0n) is 15.2. The molecule has 134 valence electrons. The van der Waals surface area contributed by atoms with Crippen molar-refractivity contribution in [3.05, 3.63) is 65.0 Å². The van der Waals surface area contributed by atoms with E-state index in [0.717, 1.165) is 5.56 Å². The average molecular weight is 353 g/mol. The number of hydrogen-bond acceptors (Lipinski definition) is 3. The maximum atomic E-state index is 14.0. The standard InChI is InChI=1S/C21H20FNO3/c1-20(2)15-11-12(22)9-10-16(15)23-18(24)14-8-6-5-7-13(14)17(19(25)26-4)21(20,23)3/h5-11,17H,1-4H3. The second-order valence-corrected chi connectivity index (χ2v) is 7.62. The van der Waals surface area contributed by atoms with Gasteiger partial charge in [-0.1, -0.05) is 32.0 Å². The highest BCUT2D eigenvalue weighted by molar-refractivity contribution is 6.13. The Morgan fingerprint density at radius 2 is 1.85 bits per heavy atom. The minimum Gasteiger partial charge on any atom is -0.468 e. The topological polar surface area (TPSA) is 46.6 Å². The van der Waals surface area contributed by atoms with Crippen molar-refractivity contribution in [2.75, 3.05) is 12.0 Å². The molecule has 0 aromatic heterocycles. The highest BCUT2D eigenvalue weighted by Gasteiger charge is 2.65. The largest absolute Gasteiger partial charge is 0.468 e. The summed E-state index contributed by atoms with van der Waals surface area (Å²) in [4.78, 5) is 27.9. The molecule has 5 heteroatoms. The van der Waals surface area contributed by atoms with Gasteiger partial charge in [0, 0.05) is 16.7 Å². The summed E-state index contributed by atoms with van der Waals surface area (Å²) in [7, 11) is 1.35. The predicted molar refractivity (Wildman–Crippen MR) is 95.8 cm³/mol. The Hall–Kier alpha value is -2.69. The Morgan fingerprint density at radius 1 is 1.15 bits per heavy atom. The van der Waals surface area contributed by atoms with Crippen LogP contribution in [-0.2, 0) is 14.9 Å². The van der Waals surface area contributed by atoms with Gasteiger partial charge in [-0.2, -0.15) is 0 Å². The summed E-state index contributed by atoms with van der Waals surface area (Å²) in [6.45, 7) is 5.78. The third kappa shape index (κ3) is 1.78. The Balaban J connectivity index is 2.09. The van der Waals surface area contributed by atoms with E-state index in [1.165, 1.54) is 19.2 Å². The van der Waals surface area contributed by atoms with Crippen LogP contribution in [0.1, 0.15) is 48.2 Å². The van der Waals surface area contributed by atoms with Gasteiger partial charge < -0.3 is 9.64 Å². The van der Waals surface area contributed by atoms with Crippen molar-refractivity contribution < 1.29 is 18.7 Å². The van der Waals surface area contributed by atoms with Crippen molar-refractivity contribution in [2.45, 2.75) is 37.6 Å². The first-order valence-electron chi connectivity index (χ1n) is 8.56. The number of halogens is 1. The molecule has 0 aliphatic carbocycles. The summed E-state index contributed by atoms with van der Waals surface area (Å²) >= 11 is 0. The SMILES string of the molecule is COC(=O)C1c2ccccc2C(=O)N2c3ccc(F)cc3C(C)(C)C12C. The van der Waals surface area contributed by atoms with E-state index < -0.39 is 22.8 Å². The van der Waals surface area contributed by atoms with Crippen molar-refractivity contribution in [3.63, 3.8) is 0 Å². The molecule has 0 spiro atoms. The van der Waals surface area contributed by atoms with E-state index in [1.54, 1.807) is 29.2 Å². The quantitative estimate of drug-likeness (QED) is 0.733. The number of benzene rings is 2. The van der Waals surface area contributed by atoms with E-state index in [9.17, 15) is 14.0 Å². The third-order valence-corrected chi connectivity index (χ3v) is 6.31. The van der Waals surface area contributed by atoms with Crippen LogP contribution in [0.3, 0.4) is 0 Å². The number of anilines is 1. The van der Waals surface area contributed by atoms with Gasteiger partial charge in [-0.05, 0) is 42.3 Å². The van der Waals surface area contributed by atoms with E-state index in [2.05, 4.69) is 0 Å². The number of carbonyl (C=O) groups is 2. The minimum atomic E-state index is -0.915. The monoisotopic (exact) mass is 353 g/mol. The first kappa shape index (κ1) is 16.8. The molecule has 0 saturated heterocycles.